The summed E-state index contributed by atoms with van der Waals surface area (Å²) in [5, 5.41) is 0. The summed E-state index contributed by atoms with van der Waals surface area (Å²) in [6, 6.07) is 6.74. The summed E-state index contributed by atoms with van der Waals surface area (Å²) in [5.74, 6) is -0.191. The molecule has 2 rings (SSSR count). The Kier molecular flexibility index (Phi) is 5.73. The molecule has 1 aliphatic rings. The van der Waals surface area contributed by atoms with E-state index in [0.717, 1.165) is 12.8 Å². The third-order valence-corrected chi connectivity index (χ3v) is 4.04. The van der Waals surface area contributed by atoms with Crippen molar-refractivity contribution in [2.75, 3.05) is 19.7 Å². The van der Waals surface area contributed by atoms with Gasteiger partial charge in [0.05, 0.1) is 5.92 Å². The molecular formula is C17H22N2O4. The number of amides is 2. The minimum atomic E-state index is -0.361. The molecule has 6 heteroatoms. The first-order valence-electron chi connectivity index (χ1n) is 7.84. The molecule has 1 aromatic carbocycles. The zero-order chi connectivity index (χ0) is 16.8. The number of Topliss-reactive ketones (excluding diaryl/α,β-unsaturated/α-hetero) is 1. The lowest BCUT2D eigenvalue weighted by atomic mass is 9.97. The van der Waals surface area contributed by atoms with E-state index >= 15 is 0 Å². The smallest absolute Gasteiger partial charge is 0.260 e. The van der Waals surface area contributed by atoms with E-state index in [1.165, 1.54) is 0 Å². The lowest BCUT2D eigenvalue weighted by molar-refractivity contribution is -0.136. The van der Waals surface area contributed by atoms with Crippen LogP contribution in [0.25, 0.3) is 0 Å². The summed E-state index contributed by atoms with van der Waals surface area (Å²) >= 11 is 0. The Balaban J connectivity index is 1.86. The first-order valence-corrected chi connectivity index (χ1v) is 7.84. The second-order valence-electron chi connectivity index (χ2n) is 5.67. The fourth-order valence-corrected chi connectivity index (χ4v) is 2.61. The van der Waals surface area contributed by atoms with Gasteiger partial charge in [-0.3, -0.25) is 14.4 Å². The maximum atomic E-state index is 12.2. The maximum Gasteiger partial charge on any atom is 0.260 e. The number of piperidine rings is 1. The average Bonchev–Trinajstić information content (AvgIpc) is 2.59. The molecule has 0 saturated carbocycles. The lowest BCUT2D eigenvalue weighted by Crippen LogP contribution is -2.45. The summed E-state index contributed by atoms with van der Waals surface area (Å²) in [6.45, 7) is 2.70. The SMILES string of the molecule is CCC(=O)c1ccc(OCC(=O)N2CCC[C@H](C(N)=O)C2)cc1. The molecule has 0 bridgehead atoms. The fraction of sp³-hybridized carbons (Fsp3) is 0.471. The number of benzene rings is 1. The van der Waals surface area contributed by atoms with Crippen molar-refractivity contribution in [2.45, 2.75) is 26.2 Å². The Bertz CT molecular complexity index is 583. The highest BCUT2D eigenvalue weighted by Crippen LogP contribution is 2.17. The van der Waals surface area contributed by atoms with Crippen molar-refractivity contribution in [1.82, 2.24) is 4.90 Å². The van der Waals surface area contributed by atoms with Crippen LogP contribution in [-0.4, -0.2) is 42.2 Å². The van der Waals surface area contributed by atoms with E-state index in [0.29, 0.717) is 30.8 Å². The van der Waals surface area contributed by atoms with Crippen molar-refractivity contribution < 1.29 is 19.1 Å². The van der Waals surface area contributed by atoms with Gasteiger partial charge in [-0.1, -0.05) is 6.92 Å². The van der Waals surface area contributed by atoms with Gasteiger partial charge >= 0.3 is 0 Å². The summed E-state index contributed by atoms with van der Waals surface area (Å²) in [6.07, 6.45) is 1.95. The molecule has 1 heterocycles. The number of likely N-dealkylation sites (tertiary alicyclic amines) is 1. The van der Waals surface area contributed by atoms with E-state index in [1.807, 2.05) is 6.92 Å². The van der Waals surface area contributed by atoms with Crippen molar-refractivity contribution in [3.63, 3.8) is 0 Å². The van der Waals surface area contributed by atoms with E-state index in [9.17, 15) is 14.4 Å². The molecule has 6 nitrogen and oxygen atoms in total. The zero-order valence-corrected chi connectivity index (χ0v) is 13.3. The second kappa shape index (κ2) is 7.76. The van der Waals surface area contributed by atoms with Crippen LogP contribution < -0.4 is 10.5 Å². The molecule has 1 aromatic rings. The van der Waals surface area contributed by atoms with Crippen LogP contribution in [0.1, 0.15) is 36.5 Å². The molecular weight excluding hydrogens is 296 g/mol. The Morgan fingerprint density at radius 3 is 2.57 bits per heavy atom. The normalized spacial score (nSPS) is 17.6. The monoisotopic (exact) mass is 318 g/mol. The fourth-order valence-electron chi connectivity index (χ4n) is 2.61. The number of ketones is 1. The molecule has 0 unspecified atom stereocenters. The third-order valence-electron chi connectivity index (χ3n) is 4.04. The van der Waals surface area contributed by atoms with Gasteiger partial charge in [0.2, 0.25) is 5.91 Å². The maximum absolute atomic E-state index is 12.2. The topological polar surface area (TPSA) is 89.7 Å². The zero-order valence-electron chi connectivity index (χ0n) is 13.3. The summed E-state index contributed by atoms with van der Waals surface area (Å²) < 4.78 is 5.47. The molecule has 1 saturated heterocycles. The molecule has 0 aliphatic carbocycles. The summed E-state index contributed by atoms with van der Waals surface area (Å²) in [4.78, 5) is 36.6. The molecule has 2 N–H and O–H groups in total. The number of nitrogens with zero attached hydrogens (tertiary/aromatic N) is 1. The molecule has 1 atom stereocenters. The number of nitrogens with two attached hydrogens (primary N) is 1. The molecule has 1 aliphatic heterocycles. The number of ether oxygens (including phenoxy) is 1. The van der Waals surface area contributed by atoms with E-state index in [1.54, 1.807) is 29.2 Å². The van der Waals surface area contributed by atoms with Gasteiger partial charge in [0.25, 0.3) is 5.91 Å². The predicted molar refractivity (Wildman–Crippen MR) is 85.1 cm³/mol. The minimum absolute atomic E-state index is 0.0680. The number of carbonyl (C=O) groups is 3. The summed E-state index contributed by atoms with van der Waals surface area (Å²) in [7, 11) is 0. The molecule has 0 aromatic heterocycles. The lowest BCUT2D eigenvalue weighted by Gasteiger charge is -2.31. The van der Waals surface area contributed by atoms with E-state index < -0.39 is 0 Å². The Morgan fingerprint density at radius 2 is 1.96 bits per heavy atom. The predicted octanol–water partition coefficient (Wildman–Crippen LogP) is 1.38. The number of carbonyl (C=O) groups excluding carboxylic acids is 3. The van der Waals surface area contributed by atoms with E-state index in [-0.39, 0.29) is 30.1 Å². The second-order valence-corrected chi connectivity index (χ2v) is 5.67. The van der Waals surface area contributed by atoms with Crippen molar-refractivity contribution >= 4 is 17.6 Å². The van der Waals surface area contributed by atoms with E-state index in [2.05, 4.69) is 0 Å². The standard InChI is InChI=1S/C17H22N2O4/c1-2-15(20)12-5-7-14(8-6-12)23-11-16(21)19-9-3-4-13(10-19)17(18)22/h5-8,13H,2-4,9-11H2,1H3,(H2,18,22)/t13-/m0/s1. The number of primary amides is 1. The Morgan fingerprint density at radius 1 is 1.26 bits per heavy atom. The van der Waals surface area contributed by atoms with Gasteiger partial charge in [-0.25, -0.2) is 0 Å². The Labute approximate surface area is 135 Å². The largest absolute Gasteiger partial charge is 0.484 e. The average molecular weight is 318 g/mol. The first kappa shape index (κ1) is 17.0. The van der Waals surface area contributed by atoms with Crippen molar-refractivity contribution in [3.05, 3.63) is 29.8 Å². The van der Waals surface area contributed by atoms with Crippen molar-refractivity contribution in [1.29, 1.82) is 0 Å². The quantitative estimate of drug-likeness (QED) is 0.802. The van der Waals surface area contributed by atoms with Gasteiger partial charge in [0.15, 0.2) is 12.4 Å². The van der Waals surface area contributed by atoms with Gasteiger partial charge in [0, 0.05) is 25.1 Å². The first-order chi connectivity index (χ1) is 11.0. The molecule has 2 amide bonds. The van der Waals surface area contributed by atoms with Crippen LogP contribution in [-0.2, 0) is 9.59 Å². The molecule has 124 valence electrons. The molecule has 0 spiro atoms. The van der Waals surface area contributed by atoms with Crippen LogP contribution in [0.4, 0.5) is 0 Å². The summed E-state index contributed by atoms with van der Waals surface area (Å²) in [5.41, 5.74) is 5.94. The van der Waals surface area contributed by atoms with Gasteiger partial charge in [-0.15, -0.1) is 0 Å². The minimum Gasteiger partial charge on any atom is -0.484 e. The Hall–Kier alpha value is -2.37. The van der Waals surface area contributed by atoms with Crippen LogP contribution in [0, 0.1) is 5.92 Å². The van der Waals surface area contributed by atoms with Crippen molar-refractivity contribution in [2.24, 2.45) is 11.7 Å². The van der Waals surface area contributed by atoms with Crippen LogP contribution in [0.5, 0.6) is 5.75 Å². The van der Waals surface area contributed by atoms with Gasteiger partial charge in [-0.2, -0.15) is 0 Å². The van der Waals surface area contributed by atoms with Crippen LogP contribution in [0.15, 0.2) is 24.3 Å². The van der Waals surface area contributed by atoms with Crippen molar-refractivity contribution in [3.8, 4) is 5.75 Å². The number of hydrogen-bond donors (Lipinski definition) is 1. The van der Waals surface area contributed by atoms with E-state index in [4.69, 9.17) is 10.5 Å². The highest BCUT2D eigenvalue weighted by molar-refractivity contribution is 5.95. The van der Waals surface area contributed by atoms with Gasteiger partial charge < -0.3 is 15.4 Å². The molecule has 0 radical (unpaired) electrons. The number of hydrogen-bond acceptors (Lipinski definition) is 4. The van der Waals surface area contributed by atoms with Crippen LogP contribution in [0.3, 0.4) is 0 Å². The third kappa shape index (κ3) is 4.55. The number of rotatable bonds is 6. The van der Waals surface area contributed by atoms with Crippen LogP contribution in [0.2, 0.25) is 0 Å². The van der Waals surface area contributed by atoms with Crippen LogP contribution >= 0.6 is 0 Å². The van der Waals surface area contributed by atoms with Gasteiger partial charge in [0.1, 0.15) is 5.75 Å². The van der Waals surface area contributed by atoms with Gasteiger partial charge in [-0.05, 0) is 37.1 Å². The highest BCUT2D eigenvalue weighted by atomic mass is 16.5. The molecule has 23 heavy (non-hydrogen) atoms. The highest BCUT2D eigenvalue weighted by Gasteiger charge is 2.27. The molecule has 1 fully saturated rings.